The van der Waals surface area contributed by atoms with E-state index in [1.807, 2.05) is 18.2 Å². The fourth-order valence-corrected chi connectivity index (χ4v) is 2.11. The average molecular weight is 272 g/mol. The van der Waals surface area contributed by atoms with Crippen LogP contribution in [0.5, 0.6) is 5.75 Å². The van der Waals surface area contributed by atoms with Crippen molar-refractivity contribution >= 4 is 22.0 Å². The number of hydrogen-bond donors (Lipinski definition) is 1. The first-order valence-electron chi connectivity index (χ1n) is 4.48. The summed E-state index contributed by atoms with van der Waals surface area (Å²) in [5.74, 6) is 0.730. The first-order chi connectivity index (χ1) is 7.22. The van der Waals surface area contributed by atoms with Crippen LogP contribution in [0.25, 0.3) is 0 Å². The Kier molecular flexibility index (Phi) is 2.81. The van der Waals surface area contributed by atoms with Crippen molar-refractivity contribution in [3.8, 4) is 5.75 Å². The lowest BCUT2D eigenvalue weighted by Gasteiger charge is -2.13. The minimum atomic E-state index is -0.387. The second kappa shape index (κ2) is 4.10. The number of para-hydroxylation sites is 1. The number of benzene rings is 1. The summed E-state index contributed by atoms with van der Waals surface area (Å²) in [6.45, 7) is 0.339. The molecule has 0 bridgehead atoms. The molecule has 4 nitrogen and oxygen atoms in total. The number of hydrogen-bond acceptors (Lipinski definition) is 3. The second-order valence-corrected chi connectivity index (χ2v) is 4.01. The molecule has 0 spiro atoms. The molecule has 0 aliphatic carbocycles. The van der Waals surface area contributed by atoms with Gasteiger partial charge in [0.1, 0.15) is 12.4 Å². The molecule has 1 heterocycles. The topological polar surface area (TPSA) is 47.6 Å². The molecule has 1 fully saturated rings. The van der Waals surface area contributed by atoms with Crippen molar-refractivity contribution in [3.05, 3.63) is 28.2 Å². The highest BCUT2D eigenvalue weighted by Crippen LogP contribution is 2.34. The summed E-state index contributed by atoms with van der Waals surface area (Å²) in [4.78, 5) is 10.9. The quantitative estimate of drug-likeness (QED) is 0.898. The van der Waals surface area contributed by atoms with Crippen molar-refractivity contribution in [2.45, 2.75) is 6.04 Å². The highest BCUT2D eigenvalue weighted by Gasteiger charge is 2.26. The lowest BCUT2D eigenvalue weighted by Crippen LogP contribution is -2.18. The smallest absolute Gasteiger partial charge is 0.407 e. The zero-order valence-electron chi connectivity index (χ0n) is 8.12. The number of halogens is 1. The fourth-order valence-electron chi connectivity index (χ4n) is 1.57. The van der Waals surface area contributed by atoms with Crippen molar-refractivity contribution < 1.29 is 14.3 Å². The van der Waals surface area contributed by atoms with Gasteiger partial charge in [-0.1, -0.05) is 12.1 Å². The molecule has 1 aliphatic rings. The van der Waals surface area contributed by atoms with Gasteiger partial charge in [-0.2, -0.15) is 0 Å². The van der Waals surface area contributed by atoms with Crippen LogP contribution in [0, 0.1) is 0 Å². The van der Waals surface area contributed by atoms with Crippen molar-refractivity contribution in [1.29, 1.82) is 0 Å². The third-order valence-electron chi connectivity index (χ3n) is 2.25. The number of carbonyl (C=O) groups excluding carboxylic acids is 1. The van der Waals surface area contributed by atoms with Crippen molar-refractivity contribution in [2.75, 3.05) is 13.7 Å². The fraction of sp³-hybridized carbons (Fsp3) is 0.300. The molecule has 80 valence electrons. The Hall–Kier alpha value is -1.23. The molecule has 1 aliphatic heterocycles. The van der Waals surface area contributed by atoms with Gasteiger partial charge in [0.2, 0.25) is 0 Å². The lowest BCUT2D eigenvalue weighted by molar-refractivity contribution is 0.177. The van der Waals surface area contributed by atoms with E-state index in [9.17, 15) is 4.79 Å². The van der Waals surface area contributed by atoms with Gasteiger partial charge in [0.15, 0.2) is 0 Å². The Balaban J connectivity index is 2.35. The standard InChI is InChI=1S/C10H10BrNO3/c1-14-9-6(3-2-4-7(9)11)8-5-15-10(13)12-8/h2-4,8H,5H2,1H3,(H,12,13). The van der Waals surface area contributed by atoms with E-state index >= 15 is 0 Å². The number of alkyl carbamates (subject to hydrolysis) is 1. The maximum absolute atomic E-state index is 10.9. The predicted octanol–water partition coefficient (Wildman–Crippen LogP) is 2.24. The molecular weight excluding hydrogens is 262 g/mol. The molecular formula is C10H10BrNO3. The Labute approximate surface area is 95.7 Å². The van der Waals surface area contributed by atoms with Crippen LogP contribution in [0.3, 0.4) is 0 Å². The first kappa shape index (κ1) is 10.3. The molecule has 0 aromatic heterocycles. The molecule has 1 saturated heterocycles. The van der Waals surface area contributed by atoms with E-state index in [1.165, 1.54) is 0 Å². The number of rotatable bonds is 2. The molecule has 1 unspecified atom stereocenters. The number of nitrogens with one attached hydrogen (secondary N) is 1. The third-order valence-corrected chi connectivity index (χ3v) is 2.87. The maximum atomic E-state index is 10.9. The van der Waals surface area contributed by atoms with Crippen LogP contribution in [0.4, 0.5) is 4.79 Å². The Morgan fingerprint density at radius 1 is 1.60 bits per heavy atom. The largest absolute Gasteiger partial charge is 0.495 e. The van der Waals surface area contributed by atoms with Gasteiger partial charge < -0.3 is 14.8 Å². The van der Waals surface area contributed by atoms with E-state index in [1.54, 1.807) is 7.11 Å². The van der Waals surface area contributed by atoms with Crippen LogP contribution in [0.15, 0.2) is 22.7 Å². The SMILES string of the molecule is COc1c(Br)cccc1C1COC(=O)N1. The molecule has 1 atom stereocenters. The summed E-state index contributed by atoms with van der Waals surface area (Å²) in [5.41, 5.74) is 0.915. The average Bonchev–Trinajstić information content (AvgIpc) is 2.64. The van der Waals surface area contributed by atoms with Crippen LogP contribution in [-0.4, -0.2) is 19.8 Å². The van der Waals surface area contributed by atoms with E-state index in [-0.39, 0.29) is 12.1 Å². The molecule has 0 saturated carbocycles. The normalized spacial score (nSPS) is 19.6. The van der Waals surface area contributed by atoms with Crippen LogP contribution < -0.4 is 10.1 Å². The van der Waals surface area contributed by atoms with E-state index < -0.39 is 0 Å². The summed E-state index contributed by atoms with van der Waals surface area (Å²) >= 11 is 3.39. The van der Waals surface area contributed by atoms with Crippen molar-refractivity contribution in [3.63, 3.8) is 0 Å². The van der Waals surface area contributed by atoms with Crippen molar-refractivity contribution in [1.82, 2.24) is 5.32 Å². The van der Waals surface area contributed by atoms with E-state index in [0.717, 1.165) is 15.8 Å². The van der Waals surface area contributed by atoms with Crippen LogP contribution in [0.1, 0.15) is 11.6 Å². The molecule has 1 aromatic rings. The highest BCUT2D eigenvalue weighted by atomic mass is 79.9. The van der Waals surface area contributed by atoms with Gasteiger partial charge in [0.05, 0.1) is 17.6 Å². The number of methoxy groups -OCH3 is 1. The zero-order valence-corrected chi connectivity index (χ0v) is 9.71. The van der Waals surface area contributed by atoms with Crippen LogP contribution in [-0.2, 0) is 4.74 Å². The van der Waals surface area contributed by atoms with Crippen molar-refractivity contribution in [2.24, 2.45) is 0 Å². The monoisotopic (exact) mass is 271 g/mol. The number of ether oxygens (including phenoxy) is 2. The number of cyclic esters (lactones) is 1. The van der Waals surface area contributed by atoms with Gasteiger partial charge in [0.25, 0.3) is 0 Å². The zero-order chi connectivity index (χ0) is 10.8. The summed E-state index contributed by atoms with van der Waals surface area (Å²) in [6.07, 6.45) is -0.387. The summed E-state index contributed by atoms with van der Waals surface area (Å²) < 4.78 is 11.0. The first-order valence-corrected chi connectivity index (χ1v) is 5.27. The Morgan fingerprint density at radius 2 is 2.40 bits per heavy atom. The molecule has 1 N–H and O–H groups in total. The lowest BCUT2D eigenvalue weighted by atomic mass is 10.1. The van der Waals surface area contributed by atoms with Gasteiger partial charge >= 0.3 is 6.09 Å². The van der Waals surface area contributed by atoms with Gasteiger partial charge in [0, 0.05) is 5.56 Å². The molecule has 15 heavy (non-hydrogen) atoms. The maximum Gasteiger partial charge on any atom is 0.407 e. The molecule has 2 rings (SSSR count). The van der Waals surface area contributed by atoms with E-state index in [4.69, 9.17) is 9.47 Å². The van der Waals surface area contributed by atoms with Crippen LogP contribution in [0.2, 0.25) is 0 Å². The van der Waals surface area contributed by atoms with Gasteiger partial charge in [-0.05, 0) is 22.0 Å². The predicted molar refractivity (Wildman–Crippen MR) is 57.9 cm³/mol. The third kappa shape index (κ3) is 1.92. The molecule has 1 aromatic carbocycles. The van der Waals surface area contributed by atoms with E-state index in [2.05, 4.69) is 21.2 Å². The number of carbonyl (C=O) groups is 1. The second-order valence-electron chi connectivity index (χ2n) is 3.16. The van der Waals surface area contributed by atoms with Gasteiger partial charge in [-0.15, -0.1) is 0 Å². The summed E-state index contributed by atoms with van der Waals surface area (Å²) in [7, 11) is 1.60. The van der Waals surface area contributed by atoms with Gasteiger partial charge in [-0.3, -0.25) is 0 Å². The van der Waals surface area contributed by atoms with E-state index in [0.29, 0.717) is 6.61 Å². The minimum absolute atomic E-state index is 0.134. The molecule has 1 amide bonds. The highest BCUT2D eigenvalue weighted by molar-refractivity contribution is 9.10. The van der Waals surface area contributed by atoms with Gasteiger partial charge in [-0.25, -0.2) is 4.79 Å². The summed E-state index contributed by atoms with van der Waals surface area (Å²) in [5, 5.41) is 2.71. The Morgan fingerprint density at radius 3 is 3.00 bits per heavy atom. The summed E-state index contributed by atoms with van der Waals surface area (Å²) in [6, 6.07) is 5.56. The number of amides is 1. The Bertz CT molecular complexity index is 394. The minimum Gasteiger partial charge on any atom is -0.495 e. The molecule has 5 heteroatoms. The van der Waals surface area contributed by atoms with Crippen LogP contribution >= 0.6 is 15.9 Å². The molecule has 0 radical (unpaired) electrons.